The molecular formula is C18H12FNO4S2. The number of rotatable bonds is 5. The van der Waals surface area contributed by atoms with E-state index in [2.05, 4.69) is 0 Å². The maximum atomic E-state index is 13.1. The van der Waals surface area contributed by atoms with E-state index in [4.69, 9.17) is 22.1 Å². The van der Waals surface area contributed by atoms with Gasteiger partial charge in [0.15, 0.2) is 10.9 Å². The lowest BCUT2D eigenvalue weighted by atomic mass is 10.2. The Morgan fingerprint density at radius 3 is 2.62 bits per heavy atom. The predicted molar refractivity (Wildman–Crippen MR) is 102 cm³/mol. The third-order valence-corrected chi connectivity index (χ3v) is 4.74. The summed E-state index contributed by atoms with van der Waals surface area (Å²) in [5.41, 5.74) is 1.04. The van der Waals surface area contributed by atoms with Crippen LogP contribution < -0.4 is 9.64 Å². The Labute approximate surface area is 158 Å². The number of ether oxygens (including phenoxy) is 1. The van der Waals surface area contributed by atoms with Crippen LogP contribution in [0, 0.1) is 5.82 Å². The molecule has 1 aliphatic rings. The minimum Gasteiger partial charge on any atom is -0.481 e. The second kappa shape index (κ2) is 7.67. The Morgan fingerprint density at radius 1 is 1.23 bits per heavy atom. The highest BCUT2D eigenvalue weighted by Gasteiger charge is 2.33. The van der Waals surface area contributed by atoms with Crippen molar-refractivity contribution in [2.75, 3.05) is 11.5 Å². The highest BCUT2D eigenvalue weighted by atomic mass is 32.2. The first kappa shape index (κ1) is 18.1. The van der Waals surface area contributed by atoms with E-state index < -0.39 is 18.4 Å². The van der Waals surface area contributed by atoms with Crippen LogP contribution in [0.3, 0.4) is 0 Å². The molecule has 0 saturated carbocycles. The smallest absolute Gasteiger partial charge is 0.341 e. The molecule has 8 heteroatoms. The number of carbonyl (C=O) groups excluding carboxylic acids is 1. The van der Waals surface area contributed by atoms with E-state index >= 15 is 0 Å². The van der Waals surface area contributed by atoms with Gasteiger partial charge in [-0.2, -0.15) is 0 Å². The maximum absolute atomic E-state index is 13.1. The molecule has 2 aromatic rings. The molecule has 1 N–H and O–H groups in total. The summed E-state index contributed by atoms with van der Waals surface area (Å²) in [5.74, 6) is -1.48. The van der Waals surface area contributed by atoms with Crippen molar-refractivity contribution in [1.29, 1.82) is 0 Å². The number of thioether (sulfide) groups is 1. The number of anilines is 1. The van der Waals surface area contributed by atoms with Crippen molar-refractivity contribution in [3.63, 3.8) is 0 Å². The van der Waals surface area contributed by atoms with E-state index in [1.165, 1.54) is 29.2 Å². The van der Waals surface area contributed by atoms with Crippen LogP contribution in [0.25, 0.3) is 6.08 Å². The van der Waals surface area contributed by atoms with Crippen molar-refractivity contribution in [3.8, 4) is 5.75 Å². The normalized spacial score (nSPS) is 15.6. The van der Waals surface area contributed by atoms with Gasteiger partial charge in [-0.3, -0.25) is 9.69 Å². The van der Waals surface area contributed by atoms with Crippen LogP contribution in [0.4, 0.5) is 10.1 Å². The Morgan fingerprint density at radius 2 is 1.92 bits per heavy atom. The zero-order chi connectivity index (χ0) is 18.7. The monoisotopic (exact) mass is 389 g/mol. The summed E-state index contributed by atoms with van der Waals surface area (Å²) in [4.78, 5) is 25.1. The molecule has 0 aromatic heterocycles. The molecule has 5 nitrogen and oxygen atoms in total. The molecule has 0 aliphatic carbocycles. The van der Waals surface area contributed by atoms with E-state index in [1.807, 2.05) is 0 Å². The van der Waals surface area contributed by atoms with Crippen molar-refractivity contribution in [1.82, 2.24) is 0 Å². The van der Waals surface area contributed by atoms with Gasteiger partial charge in [0.2, 0.25) is 0 Å². The fourth-order valence-corrected chi connectivity index (χ4v) is 3.58. The summed E-state index contributed by atoms with van der Waals surface area (Å²) in [6.07, 6.45) is 1.60. The molecule has 0 radical (unpaired) electrons. The molecule has 2 aromatic carbocycles. The van der Waals surface area contributed by atoms with Gasteiger partial charge in [-0.15, -0.1) is 0 Å². The van der Waals surface area contributed by atoms with Crippen molar-refractivity contribution in [2.24, 2.45) is 0 Å². The van der Waals surface area contributed by atoms with Gasteiger partial charge in [0, 0.05) is 5.56 Å². The molecule has 1 heterocycles. The molecule has 26 heavy (non-hydrogen) atoms. The highest BCUT2D eigenvalue weighted by molar-refractivity contribution is 8.27. The molecule has 1 fully saturated rings. The minimum absolute atomic E-state index is 0.330. The van der Waals surface area contributed by atoms with E-state index in [9.17, 15) is 14.0 Å². The second-order valence-corrected chi connectivity index (χ2v) is 6.89. The number of para-hydroxylation sites is 1. The van der Waals surface area contributed by atoms with Gasteiger partial charge in [-0.25, -0.2) is 9.18 Å². The third-order valence-electron chi connectivity index (χ3n) is 3.44. The number of thiocarbonyl (C=S) groups is 1. The summed E-state index contributed by atoms with van der Waals surface area (Å²) in [6.45, 7) is -0.485. The van der Waals surface area contributed by atoms with Gasteiger partial charge in [0.1, 0.15) is 11.6 Å². The van der Waals surface area contributed by atoms with Crippen LogP contribution in [-0.2, 0) is 9.59 Å². The lowest BCUT2D eigenvalue weighted by Crippen LogP contribution is -2.27. The Bertz CT molecular complexity index is 912. The van der Waals surface area contributed by atoms with Gasteiger partial charge in [0.25, 0.3) is 5.91 Å². The predicted octanol–water partition coefficient (Wildman–Crippen LogP) is 3.69. The first-order chi connectivity index (χ1) is 12.5. The van der Waals surface area contributed by atoms with E-state index in [0.717, 1.165) is 11.8 Å². The van der Waals surface area contributed by atoms with Gasteiger partial charge in [0.05, 0.1) is 10.6 Å². The molecule has 1 aliphatic heterocycles. The van der Waals surface area contributed by atoms with Crippen molar-refractivity contribution in [3.05, 3.63) is 64.8 Å². The van der Waals surface area contributed by atoms with Crippen LogP contribution in [0.2, 0.25) is 0 Å². The SMILES string of the molecule is O=C(O)COc1ccccc1/C=C1/SC(=S)N(c2ccc(F)cc2)C1=O. The van der Waals surface area contributed by atoms with E-state index in [1.54, 1.807) is 30.3 Å². The minimum atomic E-state index is -1.09. The summed E-state index contributed by atoms with van der Waals surface area (Å²) in [6, 6.07) is 12.3. The Kier molecular flexibility index (Phi) is 5.34. The number of carboxylic acids is 1. The lowest BCUT2D eigenvalue weighted by Gasteiger charge is -2.14. The topological polar surface area (TPSA) is 66.8 Å². The van der Waals surface area contributed by atoms with Crippen LogP contribution in [0.5, 0.6) is 5.75 Å². The molecular weight excluding hydrogens is 377 g/mol. The lowest BCUT2D eigenvalue weighted by molar-refractivity contribution is -0.139. The summed E-state index contributed by atoms with van der Waals surface area (Å²) in [5, 5.41) is 8.76. The van der Waals surface area contributed by atoms with E-state index in [0.29, 0.717) is 26.2 Å². The molecule has 0 unspecified atom stereocenters. The third kappa shape index (κ3) is 3.92. The number of benzene rings is 2. The first-order valence-corrected chi connectivity index (χ1v) is 8.65. The number of halogens is 1. The van der Waals surface area contributed by atoms with Crippen molar-refractivity contribution < 1.29 is 23.8 Å². The molecule has 1 saturated heterocycles. The fourth-order valence-electron chi connectivity index (χ4n) is 2.29. The number of amides is 1. The average Bonchev–Trinajstić information content (AvgIpc) is 2.89. The number of hydrogen-bond donors (Lipinski definition) is 1. The Hall–Kier alpha value is -2.71. The molecule has 1 amide bonds. The zero-order valence-electron chi connectivity index (χ0n) is 13.2. The van der Waals surface area contributed by atoms with Crippen LogP contribution >= 0.6 is 24.0 Å². The summed E-state index contributed by atoms with van der Waals surface area (Å²) < 4.78 is 18.7. The standard InChI is InChI=1S/C18H12FNO4S2/c19-12-5-7-13(8-6-12)20-17(23)15(26-18(20)25)9-11-3-1-2-4-14(11)24-10-16(21)22/h1-9H,10H2,(H,21,22)/b15-9+. The number of carboxylic acid groups (broad SMARTS) is 1. The maximum Gasteiger partial charge on any atom is 0.341 e. The zero-order valence-corrected chi connectivity index (χ0v) is 14.8. The van der Waals surface area contributed by atoms with Gasteiger partial charge in [-0.05, 0) is 36.4 Å². The number of aliphatic carboxylic acids is 1. The van der Waals surface area contributed by atoms with Gasteiger partial charge < -0.3 is 9.84 Å². The number of nitrogens with zero attached hydrogens (tertiary/aromatic N) is 1. The number of hydrogen-bond acceptors (Lipinski definition) is 5. The van der Waals surface area contributed by atoms with Crippen molar-refractivity contribution in [2.45, 2.75) is 0 Å². The van der Waals surface area contributed by atoms with Crippen LogP contribution in [0.1, 0.15) is 5.56 Å². The quantitative estimate of drug-likeness (QED) is 0.621. The average molecular weight is 389 g/mol. The van der Waals surface area contributed by atoms with Gasteiger partial charge in [-0.1, -0.05) is 42.2 Å². The fraction of sp³-hybridized carbons (Fsp3) is 0.0556. The van der Waals surface area contributed by atoms with Crippen LogP contribution in [0.15, 0.2) is 53.4 Å². The summed E-state index contributed by atoms with van der Waals surface area (Å²) in [7, 11) is 0. The molecule has 3 rings (SSSR count). The van der Waals surface area contributed by atoms with Crippen molar-refractivity contribution >= 4 is 51.9 Å². The highest BCUT2D eigenvalue weighted by Crippen LogP contribution is 2.37. The Balaban J connectivity index is 1.89. The van der Waals surface area contributed by atoms with Gasteiger partial charge >= 0.3 is 5.97 Å². The molecule has 0 spiro atoms. The molecule has 0 bridgehead atoms. The first-order valence-electron chi connectivity index (χ1n) is 7.43. The number of carbonyl (C=O) groups is 2. The second-order valence-electron chi connectivity index (χ2n) is 5.21. The molecule has 132 valence electrons. The molecule has 0 atom stereocenters. The van der Waals surface area contributed by atoms with Crippen LogP contribution in [-0.4, -0.2) is 27.9 Å². The van der Waals surface area contributed by atoms with E-state index in [-0.39, 0.29) is 5.91 Å². The summed E-state index contributed by atoms with van der Waals surface area (Å²) >= 11 is 6.38. The largest absolute Gasteiger partial charge is 0.481 e.